The van der Waals surface area contributed by atoms with E-state index in [4.69, 9.17) is 9.47 Å². The summed E-state index contributed by atoms with van der Waals surface area (Å²) in [5, 5.41) is 22.3. The van der Waals surface area contributed by atoms with Gasteiger partial charge >= 0.3 is 11.9 Å². The van der Waals surface area contributed by atoms with Gasteiger partial charge in [0.05, 0.1) is 35.4 Å². The van der Waals surface area contributed by atoms with Gasteiger partial charge in [0, 0.05) is 17.5 Å². The lowest BCUT2D eigenvalue weighted by atomic mass is 9.87. The van der Waals surface area contributed by atoms with Crippen molar-refractivity contribution in [2.24, 2.45) is 0 Å². The van der Waals surface area contributed by atoms with E-state index in [1.807, 2.05) is 41.5 Å². The zero-order valence-electron chi connectivity index (χ0n) is 29.6. The van der Waals surface area contributed by atoms with Crippen LogP contribution < -0.4 is 9.44 Å². The molecule has 0 atom stereocenters. The molecule has 0 fully saturated rings. The Bertz CT molecular complexity index is 2030. The van der Waals surface area contributed by atoms with Gasteiger partial charge in [0.1, 0.15) is 22.6 Å². The molecule has 0 radical (unpaired) electrons. The number of aromatic hydroxyl groups is 2. The van der Waals surface area contributed by atoms with E-state index in [1.54, 1.807) is 24.3 Å². The molecule has 0 unspecified atom stereocenters. The van der Waals surface area contributed by atoms with Gasteiger partial charge in [-0.25, -0.2) is 26.4 Å². The predicted molar refractivity (Wildman–Crippen MR) is 194 cm³/mol. The third-order valence-electron chi connectivity index (χ3n) is 8.13. The number of rotatable bonds is 10. The average molecular weight is 739 g/mol. The van der Waals surface area contributed by atoms with E-state index < -0.39 is 49.9 Å². The maximum absolute atomic E-state index is 13.4. The van der Waals surface area contributed by atoms with Crippen molar-refractivity contribution in [3.63, 3.8) is 0 Å². The van der Waals surface area contributed by atoms with Gasteiger partial charge in [0.15, 0.2) is 0 Å². The van der Waals surface area contributed by atoms with Gasteiger partial charge in [-0.1, -0.05) is 65.8 Å². The van der Waals surface area contributed by atoms with E-state index in [0.717, 1.165) is 37.5 Å². The first-order valence-electron chi connectivity index (χ1n) is 15.7. The number of carbonyl (C=O) groups excluding carboxylic acids is 2. The molecule has 0 aliphatic carbocycles. The normalized spacial score (nSPS) is 12.2. The summed E-state index contributed by atoms with van der Waals surface area (Å²) in [5.74, 6) is -3.16. The smallest absolute Gasteiger partial charge is 0.341 e. The number of hydrogen-bond donors (Lipinski definition) is 4. The zero-order valence-corrected chi connectivity index (χ0v) is 31.2. The second-order valence-electron chi connectivity index (χ2n) is 14.0. The lowest BCUT2D eigenvalue weighted by molar-refractivity contribution is 0.0588. The largest absolute Gasteiger partial charge is 0.507 e. The van der Waals surface area contributed by atoms with E-state index in [1.165, 1.54) is 36.4 Å². The molecule has 0 saturated heterocycles. The summed E-state index contributed by atoms with van der Waals surface area (Å²) in [6.45, 7) is 11.9. The number of phenols is 2. The Balaban J connectivity index is 1.78. The summed E-state index contributed by atoms with van der Waals surface area (Å²) in [5.41, 5.74) is 0.238. The van der Waals surface area contributed by atoms with Crippen LogP contribution in [-0.2, 0) is 46.8 Å². The number of benzene rings is 4. The van der Waals surface area contributed by atoms with E-state index in [2.05, 4.69) is 9.44 Å². The standard InChI is InChI=1S/C37H42N2O10S2/c1-36(2,3)24-9-13-28(14-10-24)50(44,45)38-26-18-22(32(40)30(20-26)34(42)48-7)17-23-19-27(21-31(33(23)41)35(43)49-8)39-51(46,47)29-15-11-25(12-16-29)37(4,5)6/h9-16,18-21,38-41H,17H2,1-8H3. The Labute approximate surface area is 298 Å². The maximum atomic E-state index is 13.4. The number of methoxy groups -OCH3 is 2. The molecule has 0 spiro atoms. The first-order chi connectivity index (χ1) is 23.6. The van der Waals surface area contributed by atoms with Gasteiger partial charge < -0.3 is 19.7 Å². The molecule has 272 valence electrons. The third kappa shape index (κ3) is 8.81. The summed E-state index contributed by atoms with van der Waals surface area (Å²) < 4.78 is 68.0. The second kappa shape index (κ2) is 14.3. The SMILES string of the molecule is COC(=O)c1cc(NS(=O)(=O)c2ccc(C(C)(C)C)cc2)cc(Cc2cc(NS(=O)(=O)c3ccc(C(C)(C)C)cc3)cc(C(=O)OC)c2O)c1O. The summed E-state index contributed by atoms with van der Waals surface area (Å²) in [7, 11) is -6.23. The molecular formula is C37H42N2O10S2. The lowest BCUT2D eigenvalue weighted by Crippen LogP contribution is -2.16. The number of nitrogens with one attached hydrogen (secondary N) is 2. The fourth-order valence-electron chi connectivity index (χ4n) is 5.21. The van der Waals surface area contributed by atoms with Crippen LogP contribution in [0.5, 0.6) is 11.5 Å². The van der Waals surface area contributed by atoms with Crippen molar-refractivity contribution < 1.29 is 46.1 Å². The molecule has 12 nitrogen and oxygen atoms in total. The molecule has 0 heterocycles. The summed E-state index contributed by atoms with van der Waals surface area (Å²) >= 11 is 0. The van der Waals surface area contributed by atoms with Gasteiger partial charge in [-0.3, -0.25) is 9.44 Å². The molecule has 0 aromatic heterocycles. The van der Waals surface area contributed by atoms with Crippen LogP contribution in [0.1, 0.15) is 84.5 Å². The number of carbonyl (C=O) groups is 2. The molecule has 4 aromatic carbocycles. The first kappa shape index (κ1) is 38.7. The van der Waals surface area contributed by atoms with Crippen molar-refractivity contribution in [2.45, 2.75) is 68.6 Å². The van der Waals surface area contributed by atoms with Crippen LogP contribution in [0.15, 0.2) is 82.6 Å². The predicted octanol–water partition coefficient (Wildman–Crippen LogP) is 6.46. The molecular weight excluding hydrogens is 697 g/mol. The minimum absolute atomic E-state index is 0.0573. The number of sulfonamides is 2. The maximum Gasteiger partial charge on any atom is 0.341 e. The number of ether oxygens (including phenoxy) is 2. The van der Waals surface area contributed by atoms with Crippen molar-refractivity contribution in [1.29, 1.82) is 0 Å². The van der Waals surface area contributed by atoms with Crippen molar-refractivity contribution in [1.82, 2.24) is 0 Å². The molecule has 0 aliphatic heterocycles. The van der Waals surface area contributed by atoms with Crippen LogP contribution >= 0.6 is 0 Å². The van der Waals surface area contributed by atoms with Crippen LogP contribution in [0, 0.1) is 0 Å². The van der Waals surface area contributed by atoms with Crippen LogP contribution in [0.25, 0.3) is 0 Å². The van der Waals surface area contributed by atoms with Gasteiger partial charge in [0.25, 0.3) is 20.0 Å². The Morgan fingerprint density at radius 2 is 0.902 bits per heavy atom. The van der Waals surface area contributed by atoms with Crippen LogP contribution in [0.2, 0.25) is 0 Å². The molecule has 14 heteroatoms. The Kier molecular flexibility index (Phi) is 10.8. The average Bonchev–Trinajstić information content (AvgIpc) is 3.05. The van der Waals surface area contributed by atoms with Gasteiger partial charge in [-0.2, -0.15) is 0 Å². The number of hydrogen-bond acceptors (Lipinski definition) is 10. The minimum Gasteiger partial charge on any atom is -0.507 e. The molecule has 0 bridgehead atoms. The van der Waals surface area contributed by atoms with E-state index in [9.17, 15) is 36.6 Å². The second-order valence-corrected chi connectivity index (χ2v) is 17.3. The molecule has 0 amide bonds. The van der Waals surface area contributed by atoms with E-state index in [0.29, 0.717) is 0 Å². The molecule has 51 heavy (non-hydrogen) atoms. The number of anilines is 2. The summed E-state index contributed by atoms with van der Waals surface area (Å²) in [6, 6.07) is 17.3. The monoisotopic (exact) mass is 738 g/mol. The minimum atomic E-state index is -4.19. The van der Waals surface area contributed by atoms with Gasteiger partial charge in [-0.15, -0.1) is 0 Å². The lowest BCUT2D eigenvalue weighted by Gasteiger charge is -2.19. The Hall–Kier alpha value is -5.08. The third-order valence-corrected chi connectivity index (χ3v) is 10.9. The fourth-order valence-corrected chi connectivity index (χ4v) is 7.29. The van der Waals surface area contributed by atoms with Crippen molar-refractivity contribution in [2.75, 3.05) is 23.7 Å². The molecule has 0 aliphatic rings. The first-order valence-corrected chi connectivity index (χ1v) is 18.7. The van der Waals surface area contributed by atoms with Crippen LogP contribution in [0.3, 0.4) is 0 Å². The van der Waals surface area contributed by atoms with Crippen LogP contribution in [-0.4, -0.2) is 53.2 Å². The molecule has 4 aromatic rings. The van der Waals surface area contributed by atoms with Crippen molar-refractivity contribution in [3.05, 3.63) is 106 Å². The highest BCUT2D eigenvalue weighted by Gasteiger charge is 2.25. The topological polar surface area (TPSA) is 185 Å². The Morgan fingerprint density at radius 3 is 1.18 bits per heavy atom. The van der Waals surface area contributed by atoms with Crippen molar-refractivity contribution >= 4 is 43.4 Å². The fraction of sp³-hybridized carbons (Fsp3) is 0.297. The number of esters is 2. The zero-order chi connectivity index (χ0) is 38.1. The van der Waals surface area contributed by atoms with Crippen LogP contribution in [0.4, 0.5) is 11.4 Å². The number of phenolic OH excluding ortho intramolecular Hbond substituents is 2. The summed E-state index contributed by atoms with van der Waals surface area (Å²) in [4.78, 5) is 25.2. The molecule has 4 N–H and O–H groups in total. The van der Waals surface area contributed by atoms with Crippen molar-refractivity contribution in [3.8, 4) is 11.5 Å². The van der Waals surface area contributed by atoms with Gasteiger partial charge in [-0.05, 0) is 70.5 Å². The molecule has 0 saturated carbocycles. The highest BCUT2D eigenvalue weighted by molar-refractivity contribution is 7.93. The summed E-state index contributed by atoms with van der Waals surface area (Å²) in [6.07, 6.45) is -0.405. The quantitative estimate of drug-likeness (QED) is 0.104. The van der Waals surface area contributed by atoms with E-state index in [-0.39, 0.29) is 54.2 Å². The van der Waals surface area contributed by atoms with E-state index >= 15 is 0 Å². The molecule has 4 rings (SSSR count). The van der Waals surface area contributed by atoms with Gasteiger partial charge in [0.2, 0.25) is 0 Å². The highest BCUT2D eigenvalue weighted by atomic mass is 32.2. The Morgan fingerprint density at radius 1 is 0.588 bits per heavy atom. The highest BCUT2D eigenvalue weighted by Crippen LogP contribution is 2.36.